The van der Waals surface area contributed by atoms with Gasteiger partial charge in [0.25, 0.3) is 0 Å². The number of aromatic nitrogens is 4. The Morgan fingerprint density at radius 3 is 2.50 bits per heavy atom. The fourth-order valence-electron chi connectivity index (χ4n) is 2.05. The summed E-state index contributed by atoms with van der Waals surface area (Å²) in [5.41, 5.74) is 1.08. The van der Waals surface area contributed by atoms with Gasteiger partial charge in [-0.1, -0.05) is 26.0 Å². The van der Waals surface area contributed by atoms with Gasteiger partial charge in [-0.25, -0.2) is 4.39 Å². The van der Waals surface area contributed by atoms with Gasteiger partial charge in [0.1, 0.15) is 5.82 Å². The van der Waals surface area contributed by atoms with Gasteiger partial charge in [0.05, 0.1) is 7.05 Å². The Bertz CT molecular complexity index is 535. The lowest BCUT2D eigenvalue weighted by Gasteiger charge is -2.18. The van der Waals surface area contributed by atoms with Gasteiger partial charge in [-0.3, -0.25) is 0 Å². The maximum absolute atomic E-state index is 13.0. The number of hydrogen-bond donors (Lipinski definition) is 1. The molecular weight excluding hydrogens is 257 g/mol. The smallest absolute Gasteiger partial charge is 0.175 e. The molecule has 1 atom stereocenters. The van der Waals surface area contributed by atoms with Gasteiger partial charge in [-0.15, -0.1) is 10.2 Å². The minimum Gasteiger partial charge on any atom is -0.314 e. The minimum atomic E-state index is -0.220. The first kappa shape index (κ1) is 14.6. The summed E-state index contributed by atoms with van der Waals surface area (Å²) < 4.78 is 13.0. The Morgan fingerprint density at radius 1 is 1.25 bits per heavy atom. The molecule has 0 radical (unpaired) electrons. The van der Waals surface area contributed by atoms with Crippen molar-refractivity contribution in [2.45, 2.75) is 32.2 Å². The van der Waals surface area contributed by atoms with Crippen LogP contribution in [0.25, 0.3) is 0 Å². The molecule has 1 heterocycles. The Labute approximate surface area is 118 Å². The minimum absolute atomic E-state index is 0.196. The van der Waals surface area contributed by atoms with Crippen molar-refractivity contribution in [1.29, 1.82) is 0 Å². The molecule has 5 nitrogen and oxygen atoms in total. The predicted octanol–water partition coefficient (Wildman–Crippen LogP) is 1.67. The van der Waals surface area contributed by atoms with Crippen LogP contribution >= 0.6 is 0 Å². The summed E-state index contributed by atoms with van der Waals surface area (Å²) in [5.74, 6) is 0.677. The molecule has 1 N–H and O–H groups in total. The molecular formula is C14H20FN5. The first-order valence-electron chi connectivity index (χ1n) is 6.76. The second-order valence-electron chi connectivity index (χ2n) is 5.21. The Hall–Kier alpha value is -1.82. The van der Waals surface area contributed by atoms with Crippen molar-refractivity contribution in [3.63, 3.8) is 0 Å². The molecule has 0 fully saturated rings. The summed E-state index contributed by atoms with van der Waals surface area (Å²) in [5, 5.41) is 15.5. The zero-order chi connectivity index (χ0) is 14.5. The molecule has 6 heteroatoms. The molecule has 1 aromatic heterocycles. The van der Waals surface area contributed by atoms with Crippen molar-refractivity contribution in [3.8, 4) is 0 Å². The number of aryl methyl sites for hydroxylation is 1. The van der Waals surface area contributed by atoms with Crippen molar-refractivity contribution < 1.29 is 4.39 Å². The fourth-order valence-corrected chi connectivity index (χ4v) is 2.05. The van der Waals surface area contributed by atoms with E-state index in [9.17, 15) is 4.39 Å². The average Bonchev–Trinajstić information content (AvgIpc) is 2.81. The predicted molar refractivity (Wildman–Crippen MR) is 74.8 cm³/mol. The van der Waals surface area contributed by atoms with E-state index < -0.39 is 0 Å². The van der Waals surface area contributed by atoms with Gasteiger partial charge in [0.2, 0.25) is 0 Å². The molecule has 0 aliphatic carbocycles. The first-order chi connectivity index (χ1) is 9.54. The summed E-state index contributed by atoms with van der Waals surface area (Å²) in [6.07, 6.45) is 0.680. The van der Waals surface area contributed by atoms with Crippen LogP contribution in [0.4, 0.5) is 4.39 Å². The number of hydrogen-bond acceptors (Lipinski definition) is 4. The van der Waals surface area contributed by atoms with Crippen LogP contribution in [0.2, 0.25) is 0 Å². The average molecular weight is 277 g/mol. The van der Waals surface area contributed by atoms with E-state index in [2.05, 4.69) is 34.6 Å². The van der Waals surface area contributed by atoms with E-state index in [1.165, 1.54) is 16.9 Å². The Balaban J connectivity index is 2.13. The summed E-state index contributed by atoms with van der Waals surface area (Å²) >= 11 is 0. The van der Waals surface area contributed by atoms with E-state index in [0.29, 0.717) is 18.3 Å². The van der Waals surface area contributed by atoms with Crippen LogP contribution in [0.3, 0.4) is 0 Å². The second-order valence-corrected chi connectivity index (χ2v) is 5.21. The van der Waals surface area contributed by atoms with E-state index in [1.54, 1.807) is 7.05 Å². The molecule has 1 aromatic carbocycles. The molecule has 0 saturated heterocycles. The maximum Gasteiger partial charge on any atom is 0.175 e. The fraction of sp³-hybridized carbons (Fsp3) is 0.500. The topological polar surface area (TPSA) is 55.6 Å². The zero-order valence-corrected chi connectivity index (χ0v) is 12.0. The molecule has 1 unspecified atom stereocenters. The van der Waals surface area contributed by atoms with Crippen molar-refractivity contribution in [2.75, 3.05) is 6.54 Å². The molecule has 108 valence electrons. The monoisotopic (exact) mass is 277 g/mol. The van der Waals surface area contributed by atoms with Gasteiger partial charge in [0.15, 0.2) is 5.82 Å². The van der Waals surface area contributed by atoms with Crippen LogP contribution in [-0.4, -0.2) is 32.8 Å². The summed E-state index contributed by atoms with van der Waals surface area (Å²) in [6.45, 7) is 4.99. The molecule has 0 aliphatic heterocycles. The number of nitrogens with one attached hydrogen (secondary N) is 1. The lowest BCUT2D eigenvalue weighted by molar-refractivity contribution is 0.518. The lowest BCUT2D eigenvalue weighted by Crippen LogP contribution is -2.29. The third-order valence-corrected chi connectivity index (χ3v) is 3.09. The molecule has 0 bridgehead atoms. The van der Waals surface area contributed by atoms with Crippen molar-refractivity contribution in [2.24, 2.45) is 7.05 Å². The van der Waals surface area contributed by atoms with Gasteiger partial charge in [-0.05, 0) is 22.9 Å². The van der Waals surface area contributed by atoms with E-state index in [-0.39, 0.29) is 11.7 Å². The number of halogens is 1. The van der Waals surface area contributed by atoms with Crippen LogP contribution in [-0.2, 0) is 13.5 Å². The number of benzene rings is 1. The Morgan fingerprint density at radius 2 is 1.95 bits per heavy atom. The Kier molecular flexibility index (Phi) is 4.79. The summed E-state index contributed by atoms with van der Waals surface area (Å²) in [7, 11) is 1.75. The SMILES string of the molecule is CC(C)NCC(Cc1nnn(C)n1)c1ccc(F)cc1. The molecule has 0 aliphatic rings. The molecule has 0 spiro atoms. The highest BCUT2D eigenvalue weighted by molar-refractivity contribution is 5.22. The molecule has 0 amide bonds. The highest BCUT2D eigenvalue weighted by Gasteiger charge is 2.16. The van der Waals surface area contributed by atoms with E-state index in [0.717, 1.165) is 12.1 Å². The first-order valence-corrected chi connectivity index (χ1v) is 6.76. The maximum atomic E-state index is 13.0. The van der Waals surface area contributed by atoms with E-state index in [1.807, 2.05) is 12.1 Å². The number of rotatable bonds is 6. The highest BCUT2D eigenvalue weighted by Crippen LogP contribution is 2.19. The van der Waals surface area contributed by atoms with Crippen molar-refractivity contribution in [3.05, 3.63) is 41.5 Å². The largest absolute Gasteiger partial charge is 0.314 e. The third-order valence-electron chi connectivity index (χ3n) is 3.09. The van der Waals surface area contributed by atoms with Crippen LogP contribution < -0.4 is 5.32 Å². The lowest BCUT2D eigenvalue weighted by atomic mass is 9.95. The number of nitrogens with zero attached hydrogens (tertiary/aromatic N) is 4. The van der Waals surface area contributed by atoms with E-state index >= 15 is 0 Å². The van der Waals surface area contributed by atoms with Crippen LogP contribution in [0.1, 0.15) is 31.2 Å². The summed E-state index contributed by atoms with van der Waals surface area (Å²) in [6, 6.07) is 7.01. The van der Waals surface area contributed by atoms with Crippen LogP contribution in [0, 0.1) is 5.82 Å². The second kappa shape index (κ2) is 6.56. The van der Waals surface area contributed by atoms with Crippen LogP contribution in [0.5, 0.6) is 0 Å². The molecule has 2 rings (SSSR count). The molecule has 2 aromatic rings. The normalized spacial score (nSPS) is 12.8. The van der Waals surface area contributed by atoms with Gasteiger partial charge in [-0.2, -0.15) is 4.80 Å². The van der Waals surface area contributed by atoms with Crippen molar-refractivity contribution in [1.82, 2.24) is 25.5 Å². The highest BCUT2D eigenvalue weighted by atomic mass is 19.1. The quantitative estimate of drug-likeness (QED) is 0.872. The van der Waals surface area contributed by atoms with Gasteiger partial charge < -0.3 is 5.32 Å². The van der Waals surface area contributed by atoms with Crippen LogP contribution in [0.15, 0.2) is 24.3 Å². The van der Waals surface area contributed by atoms with E-state index in [4.69, 9.17) is 0 Å². The standard InChI is InChI=1S/C14H20FN5/c1-10(2)16-9-12(8-14-17-19-20(3)18-14)11-4-6-13(15)7-5-11/h4-7,10,12,16H,8-9H2,1-3H3. The summed E-state index contributed by atoms with van der Waals surface area (Å²) in [4.78, 5) is 1.45. The van der Waals surface area contributed by atoms with Gasteiger partial charge in [0, 0.05) is 24.9 Å². The molecule has 20 heavy (non-hydrogen) atoms. The molecule has 0 saturated carbocycles. The number of tetrazole rings is 1. The third kappa shape index (κ3) is 4.09. The van der Waals surface area contributed by atoms with Crippen molar-refractivity contribution >= 4 is 0 Å². The zero-order valence-electron chi connectivity index (χ0n) is 12.0. The van der Waals surface area contributed by atoms with Gasteiger partial charge >= 0.3 is 0 Å².